The van der Waals surface area contributed by atoms with Crippen molar-refractivity contribution in [2.45, 2.75) is 70.9 Å². The van der Waals surface area contributed by atoms with Crippen LogP contribution < -0.4 is 5.32 Å². The van der Waals surface area contributed by atoms with Crippen molar-refractivity contribution in [3.63, 3.8) is 0 Å². The van der Waals surface area contributed by atoms with E-state index in [1.807, 2.05) is 0 Å². The van der Waals surface area contributed by atoms with Gasteiger partial charge in [0.25, 0.3) is 0 Å². The van der Waals surface area contributed by atoms with Crippen molar-refractivity contribution in [1.82, 2.24) is 5.32 Å². The second kappa shape index (κ2) is 9.08. The molecule has 1 saturated carbocycles. The normalized spacial score (nSPS) is 19.7. The second-order valence-electron chi connectivity index (χ2n) is 5.48. The molecule has 1 aliphatic rings. The van der Waals surface area contributed by atoms with E-state index in [4.69, 9.17) is 4.74 Å². The molecule has 19 heavy (non-hydrogen) atoms. The highest BCUT2D eigenvalue weighted by Crippen LogP contribution is 2.27. The van der Waals surface area contributed by atoms with Gasteiger partial charge >= 0.3 is 5.97 Å². The van der Waals surface area contributed by atoms with Crippen molar-refractivity contribution in [2.75, 3.05) is 6.61 Å². The van der Waals surface area contributed by atoms with Gasteiger partial charge in [0.05, 0.1) is 12.6 Å². The minimum atomic E-state index is -0.345. The van der Waals surface area contributed by atoms with Crippen LogP contribution in [0.1, 0.15) is 58.8 Å². The fourth-order valence-corrected chi connectivity index (χ4v) is 2.75. The van der Waals surface area contributed by atoms with Crippen LogP contribution in [0.25, 0.3) is 0 Å². The first-order valence-corrected chi connectivity index (χ1v) is 7.55. The molecule has 1 fully saturated rings. The first kappa shape index (κ1) is 16.2. The standard InChI is InChI=1S/C15H27NO3/c1-3-19-15(18)14(16-12(2)11-17)10-9-13-7-5-4-6-8-13/h11-14,16H,3-10H2,1-2H3/t12-,14?/m0/s1. The van der Waals surface area contributed by atoms with E-state index in [0.29, 0.717) is 6.61 Å². The molecule has 0 amide bonds. The molecule has 0 saturated heterocycles. The van der Waals surface area contributed by atoms with Crippen molar-refractivity contribution in [3.05, 3.63) is 0 Å². The van der Waals surface area contributed by atoms with E-state index in [1.54, 1.807) is 13.8 Å². The number of esters is 1. The predicted molar refractivity (Wildman–Crippen MR) is 74.9 cm³/mol. The van der Waals surface area contributed by atoms with Gasteiger partial charge in [-0.05, 0) is 32.6 Å². The molecule has 1 N–H and O–H groups in total. The van der Waals surface area contributed by atoms with Gasteiger partial charge in [-0.15, -0.1) is 0 Å². The highest BCUT2D eigenvalue weighted by molar-refractivity contribution is 5.76. The number of aldehydes is 1. The Bertz CT molecular complexity index is 275. The van der Waals surface area contributed by atoms with Crippen LogP contribution in [-0.2, 0) is 14.3 Å². The number of carbonyl (C=O) groups is 2. The summed E-state index contributed by atoms with van der Waals surface area (Å²) in [6.45, 7) is 3.95. The van der Waals surface area contributed by atoms with E-state index in [1.165, 1.54) is 32.1 Å². The van der Waals surface area contributed by atoms with Crippen LogP contribution >= 0.6 is 0 Å². The maximum Gasteiger partial charge on any atom is 0.323 e. The fourth-order valence-electron chi connectivity index (χ4n) is 2.75. The van der Waals surface area contributed by atoms with E-state index in [2.05, 4.69) is 5.32 Å². The second-order valence-corrected chi connectivity index (χ2v) is 5.48. The summed E-state index contributed by atoms with van der Waals surface area (Å²) < 4.78 is 5.07. The Kier molecular flexibility index (Phi) is 7.72. The Labute approximate surface area is 116 Å². The summed E-state index contributed by atoms with van der Waals surface area (Å²) in [5.74, 6) is 0.506. The van der Waals surface area contributed by atoms with Crippen LogP contribution in [0, 0.1) is 5.92 Å². The number of nitrogens with one attached hydrogen (secondary N) is 1. The molecule has 2 atom stereocenters. The monoisotopic (exact) mass is 269 g/mol. The molecule has 4 heteroatoms. The largest absolute Gasteiger partial charge is 0.465 e. The minimum Gasteiger partial charge on any atom is -0.465 e. The molecule has 0 radical (unpaired) electrons. The van der Waals surface area contributed by atoms with Crippen LogP contribution in [0.5, 0.6) is 0 Å². The van der Waals surface area contributed by atoms with E-state index in [0.717, 1.165) is 25.0 Å². The van der Waals surface area contributed by atoms with Gasteiger partial charge in [-0.3, -0.25) is 10.1 Å². The third-order valence-corrected chi connectivity index (χ3v) is 3.83. The summed E-state index contributed by atoms with van der Waals surface area (Å²) in [5, 5.41) is 3.05. The van der Waals surface area contributed by atoms with Gasteiger partial charge in [0.1, 0.15) is 12.3 Å². The van der Waals surface area contributed by atoms with Crippen molar-refractivity contribution < 1.29 is 14.3 Å². The molecular weight excluding hydrogens is 242 g/mol. The number of hydrogen-bond acceptors (Lipinski definition) is 4. The summed E-state index contributed by atoms with van der Waals surface area (Å²) >= 11 is 0. The maximum absolute atomic E-state index is 11.9. The summed E-state index contributed by atoms with van der Waals surface area (Å²) in [7, 11) is 0. The van der Waals surface area contributed by atoms with E-state index in [-0.39, 0.29) is 18.1 Å². The van der Waals surface area contributed by atoms with Gasteiger partial charge in [-0.1, -0.05) is 32.1 Å². The van der Waals surface area contributed by atoms with E-state index < -0.39 is 0 Å². The van der Waals surface area contributed by atoms with Crippen LogP contribution in [0.2, 0.25) is 0 Å². The van der Waals surface area contributed by atoms with Crippen molar-refractivity contribution in [1.29, 1.82) is 0 Å². The van der Waals surface area contributed by atoms with Crippen LogP contribution in [0.15, 0.2) is 0 Å². The molecule has 1 rings (SSSR count). The molecule has 0 spiro atoms. The van der Waals surface area contributed by atoms with Crippen molar-refractivity contribution >= 4 is 12.3 Å². The quantitative estimate of drug-likeness (QED) is 0.543. The zero-order valence-corrected chi connectivity index (χ0v) is 12.2. The third-order valence-electron chi connectivity index (χ3n) is 3.83. The number of carbonyl (C=O) groups excluding carboxylic acids is 2. The molecule has 0 bridgehead atoms. The van der Waals surface area contributed by atoms with Gasteiger partial charge < -0.3 is 9.53 Å². The molecule has 1 aliphatic carbocycles. The Morgan fingerprint density at radius 2 is 2.05 bits per heavy atom. The molecule has 0 aliphatic heterocycles. The summed E-state index contributed by atoms with van der Waals surface area (Å²) in [5.41, 5.74) is 0. The Hall–Kier alpha value is -0.900. The van der Waals surface area contributed by atoms with Crippen molar-refractivity contribution in [3.8, 4) is 0 Å². The molecular formula is C15H27NO3. The van der Waals surface area contributed by atoms with Gasteiger partial charge in [0, 0.05) is 0 Å². The Morgan fingerprint density at radius 3 is 2.63 bits per heavy atom. The Balaban J connectivity index is 2.42. The summed E-state index contributed by atoms with van der Waals surface area (Å²) in [6.07, 6.45) is 9.16. The van der Waals surface area contributed by atoms with Gasteiger partial charge in [-0.25, -0.2) is 0 Å². The first-order valence-electron chi connectivity index (χ1n) is 7.55. The molecule has 0 aromatic carbocycles. The zero-order chi connectivity index (χ0) is 14.1. The molecule has 0 aromatic rings. The molecule has 110 valence electrons. The number of ether oxygens (including phenoxy) is 1. The van der Waals surface area contributed by atoms with Gasteiger partial charge in [0.15, 0.2) is 0 Å². The van der Waals surface area contributed by atoms with Gasteiger partial charge in [-0.2, -0.15) is 0 Å². The van der Waals surface area contributed by atoms with Crippen LogP contribution in [0.4, 0.5) is 0 Å². The average Bonchev–Trinajstić information content (AvgIpc) is 2.44. The SMILES string of the molecule is CCOC(=O)C(CCC1CCCCC1)N[C@@H](C)C=O. The molecule has 1 unspecified atom stereocenters. The topological polar surface area (TPSA) is 55.4 Å². The maximum atomic E-state index is 11.9. The average molecular weight is 269 g/mol. The van der Waals surface area contributed by atoms with E-state index in [9.17, 15) is 9.59 Å². The number of hydrogen-bond donors (Lipinski definition) is 1. The molecule has 0 heterocycles. The van der Waals surface area contributed by atoms with Crippen LogP contribution in [-0.4, -0.2) is 30.9 Å². The fraction of sp³-hybridized carbons (Fsp3) is 0.867. The zero-order valence-electron chi connectivity index (χ0n) is 12.2. The minimum absolute atomic E-state index is 0.230. The summed E-state index contributed by atoms with van der Waals surface area (Å²) in [6, 6.07) is -0.650. The lowest BCUT2D eigenvalue weighted by Gasteiger charge is -2.24. The lowest BCUT2D eigenvalue weighted by atomic mass is 9.85. The van der Waals surface area contributed by atoms with Gasteiger partial charge in [0.2, 0.25) is 0 Å². The summed E-state index contributed by atoms with van der Waals surface area (Å²) in [4.78, 5) is 22.6. The lowest BCUT2D eigenvalue weighted by molar-refractivity contribution is -0.146. The predicted octanol–water partition coefficient (Wildman–Crippen LogP) is 2.46. The number of rotatable bonds is 8. The smallest absolute Gasteiger partial charge is 0.323 e. The first-order chi connectivity index (χ1) is 9.17. The highest BCUT2D eigenvalue weighted by atomic mass is 16.5. The van der Waals surface area contributed by atoms with Crippen LogP contribution in [0.3, 0.4) is 0 Å². The highest BCUT2D eigenvalue weighted by Gasteiger charge is 2.23. The van der Waals surface area contributed by atoms with E-state index >= 15 is 0 Å². The molecule has 0 aromatic heterocycles. The third kappa shape index (κ3) is 6.19. The lowest BCUT2D eigenvalue weighted by Crippen LogP contribution is -2.44. The Morgan fingerprint density at radius 1 is 1.37 bits per heavy atom. The van der Waals surface area contributed by atoms with Crippen molar-refractivity contribution in [2.24, 2.45) is 5.92 Å². The molecule has 4 nitrogen and oxygen atoms in total.